The molecule has 0 unspecified atom stereocenters. The van der Waals surface area contributed by atoms with Gasteiger partial charge in [0.05, 0.1) is 5.69 Å². The van der Waals surface area contributed by atoms with Gasteiger partial charge in [0, 0.05) is 23.6 Å². The average Bonchev–Trinajstić information content (AvgIpc) is 3.18. The highest BCUT2D eigenvalue weighted by molar-refractivity contribution is 6.04. The molecule has 0 aliphatic rings. The third-order valence-electron chi connectivity index (χ3n) is 4.55. The number of benzene rings is 2. The third kappa shape index (κ3) is 4.98. The molecule has 0 bridgehead atoms. The van der Waals surface area contributed by atoms with Gasteiger partial charge in [-0.2, -0.15) is 8.78 Å². The Balaban J connectivity index is 1.40. The van der Waals surface area contributed by atoms with E-state index in [9.17, 15) is 13.6 Å². The second kappa shape index (κ2) is 8.83. The number of fused-ring (bicyclic) bond motifs is 1. The minimum Gasteiger partial charge on any atom is -0.487 e. The van der Waals surface area contributed by atoms with Crippen molar-refractivity contribution < 1.29 is 23.0 Å². The van der Waals surface area contributed by atoms with E-state index >= 15 is 0 Å². The van der Waals surface area contributed by atoms with E-state index in [1.165, 1.54) is 24.3 Å². The van der Waals surface area contributed by atoms with Gasteiger partial charge in [0.1, 0.15) is 23.8 Å². The van der Waals surface area contributed by atoms with E-state index in [4.69, 9.17) is 4.74 Å². The van der Waals surface area contributed by atoms with Gasteiger partial charge in [-0.05, 0) is 61.0 Å². The molecule has 31 heavy (non-hydrogen) atoms. The van der Waals surface area contributed by atoms with E-state index in [0.717, 1.165) is 16.9 Å². The van der Waals surface area contributed by atoms with Gasteiger partial charge in [-0.15, -0.1) is 0 Å². The van der Waals surface area contributed by atoms with Crippen LogP contribution in [0.15, 0.2) is 73.1 Å². The summed E-state index contributed by atoms with van der Waals surface area (Å²) < 4.78 is 36.5. The van der Waals surface area contributed by atoms with Crippen molar-refractivity contribution in [3.8, 4) is 11.5 Å². The van der Waals surface area contributed by atoms with Crippen molar-refractivity contribution in [3.05, 3.63) is 89.9 Å². The first-order valence-corrected chi connectivity index (χ1v) is 9.50. The highest BCUT2D eigenvalue weighted by Gasteiger charge is 2.10. The summed E-state index contributed by atoms with van der Waals surface area (Å²) in [4.78, 5) is 17.1. The van der Waals surface area contributed by atoms with Crippen molar-refractivity contribution in [2.75, 3.05) is 5.32 Å². The fourth-order valence-electron chi connectivity index (χ4n) is 3.08. The van der Waals surface area contributed by atoms with Crippen LogP contribution in [0.25, 0.3) is 5.65 Å². The average molecular weight is 423 g/mol. The third-order valence-corrected chi connectivity index (χ3v) is 4.55. The van der Waals surface area contributed by atoms with Crippen LogP contribution in [-0.2, 0) is 6.61 Å². The number of aromatic nitrogens is 2. The zero-order chi connectivity index (χ0) is 21.8. The Morgan fingerprint density at radius 1 is 1.10 bits per heavy atom. The van der Waals surface area contributed by atoms with Gasteiger partial charge in [-0.3, -0.25) is 4.79 Å². The lowest BCUT2D eigenvalue weighted by atomic mass is 10.2. The molecule has 2 aromatic carbocycles. The van der Waals surface area contributed by atoms with Crippen LogP contribution in [-0.4, -0.2) is 21.9 Å². The monoisotopic (exact) mass is 423 g/mol. The van der Waals surface area contributed by atoms with Crippen LogP contribution < -0.4 is 14.8 Å². The first-order valence-electron chi connectivity index (χ1n) is 9.50. The van der Waals surface area contributed by atoms with Crippen LogP contribution in [0.3, 0.4) is 0 Å². The highest BCUT2D eigenvalue weighted by Crippen LogP contribution is 2.20. The Morgan fingerprint density at radius 3 is 2.65 bits per heavy atom. The molecule has 0 aliphatic carbocycles. The molecule has 1 N–H and O–H groups in total. The Kier molecular flexibility index (Phi) is 5.79. The van der Waals surface area contributed by atoms with E-state index in [-0.39, 0.29) is 18.3 Å². The van der Waals surface area contributed by atoms with Gasteiger partial charge < -0.3 is 19.2 Å². The maximum Gasteiger partial charge on any atom is 0.387 e. The molecule has 2 aromatic heterocycles. The lowest BCUT2D eigenvalue weighted by Gasteiger charge is -2.09. The molecule has 0 spiro atoms. The number of nitrogens with one attached hydrogen (secondary N) is 1. The van der Waals surface area contributed by atoms with Crippen LogP contribution in [0.4, 0.5) is 14.5 Å². The maximum atomic E-state index is 12.5. The number of rotatable bonds is 7. The van der Waals surface area contributed by atoms with Crippen molar-refractivity contribution in [2.24, 2.45) is 0 Å². The molecule has 8 heteroatoms. The molecule has 4 rings (SSSR count). The minimum atomic E-state index is -2.90. The number of ether oxygens (including phenoxy) is 2. The largest absolute Gasteiger partial charge is 0.487 e. The standard InChI is InChI=1S/C23H19F2N3O3/c1-15-4-3-11-28-13-18(26-21(15)28)14-30-20-6-2-5-16(12-20)22(29)27-17-7-9-19(10-8-17)31-23(24)25/h2-13,23H,14H2,1H3,(H,27,29). The molecule has 2 heterocycles. The molecule has 0 radical (unpaired) electrons. The van der Waals surface area contributed by atoms with Gasteiger partial charge in [0.2, 0.25) is 0 Å². The number of carbonyl (C=O) groups excluding carboxylic acids is 1. The zero-order valence-corrected chi connectivity index (χ0v) is 16.6. The molecular weight excluding hydrogens is 404 g/mol. The molecule has 6 nitrogen and oxygen atoms in total. The Labute approximate surface area is 177 Å². The van der Waals surface area contributed by atoms with Crippen molar-refractivity contribution in [2.45, 2.75) is 20.1 Å². The first-order chi connectivity index (χ1) is 15.0. The molecule has 0 saturated heterocycles. The summed E-state index contributed by atoms with van der Waals surface area (Å²) in [6, 6.07) is 16.4. The maximum absolute atomic E-state index is 12.5. The van der Waals surface area contributed by atoms with E-state index < -0.39 is 6.61 Å². The summed E-state index contributed by atoms with van der Waals surface area (Å²) >= 11 is 0. The Bertz CT molecular complexity index is 1210. The number of halogens is 2. The summed E-state index contributed by atoms with van der Waals surface area (Å²) in [7, 11) is 0. The number of anilines is 1. The summed E-state index contributed by atoms with van der Waals surface area (Å²) in [6.07, 6.45) is 3.83. The molecule has 0 aliphatic heterocycles. The number of carbonyl (C=O) groups is 1. The SMILES string of the molecule is Cc1cccn2cc(COc3cccc(C(=O)Nc4ccc(OC(F)F)cc4)c3)nc12. The number of alkyl halides is 2. The normalized spacial score (nSPS) is 11.0. The fourth-order valence-corrected chi connectivity index (χ4v) is 3.08. The van der Waals surface area contributed by atoms with Crippen molar-refractivity contribution in [3.63, 3.8) is 0 Å². The number of imidazole rings is 1. The van der Waals surface area contributed by atoms with Crippen LogP contribution in [0.1, 0.15) is 21.6 Å². The molecule has 0 atom stereocenters. The second-order valence-corrected chi connectivity index (χ2v) is 6.83. The van der Waals surface area contributed by atoms with E-state index in [2.05, 4.69) is 15.0 Å². The number of aryl methyl sites for hydroxylation is 1. The van der Waals surface area contributed by atoms with E-state index in [1.807, 2.05) is 35.9 Å². The fraction of sp³-hybridized carbons (Fsp3) is 0.130. The van der Waals surface area contributed by atoms with Gasteiger partial charge in [0.15, 0.2) is 0 Å². The summed E-state index contributed by atoms with van der Waals surface area (Å²) in [6.45, 7) is -0.639. The smallest absolute Gasteiger partial charge is 0.387 e. The van der Waals surface area contributed by atoms with Crippen molar-refractivity contribution >= 4 is 17.2 Å². The van der Waals surface area contributed by atoms with Gasteiger partial charge in [0.25, 0.3) is 5.91 Å². The number of pyridine rings is 1. The zero-order valence-electron chi connectivity index (χ0n) is 16.6. The van der Waals surface area contributed by atoms with Gasteiger partial charge in [-0.25, -0.2) is 4.98 Å². The second-order valence-electron chi connectivity index (χ2n) is 6.83. The predicted molar refractivity (Wildman–Crippen MR) is 112 cm³/mol. The van der Waals surface area contributed by atoms with Gasteiger partial charge >= 0.3 is 6.61 Å². The quantitative estimate of drug-likeness (QED) is 0.451. The van der Waals surface area contributed by atoms with E-state index in [0.29, 0.717) is 17.0 Å². The summed E-state index contributed by atoms with van der Waals surface area (Å²) in [5.41, 5.74) is 3.57. The van der Waals surface area contributed by atoms with E-state index in [1.54, 1.807) is 24.3 Å². The molecule has 4 aromatic rings. The summed E-state index contributed by atoms with van der Waals surface area (Å²) in [5.74, 6) is 0.198. The van der Waals surface area contributed by atoms with Gasteiger partial charge in [-0.1, -0.05) is 12.1 Å². The first kappa shape index (κ1) is 20.3. The minimum absolute atomic E-state index is 0.0190. The van der Waals surface area contributed by atoms with Crippen LogP contribution >= 0.6 is 0 Å². The molecule has 0 fully saturated rings. The highest BCUT2D eigenvalue weighted by atomic mass is 19.3. The van der Waals surface area contributed by atoms with Crippen LogP contribution in [0.2, 0.25) is 0 Å². The lowest BCUT2D eigenvalue weighted by Crippen LogP contribution is -2.12. The molecule has 158 valence electrons. The molecule has 0 saturated carbocycles. The number of nitrogens with zero attached hydrogens (tertiary/aromatic N) is 2. The molecular formula is C23H19F2N3O3. The number of hydrogen-bond acceptors (Lipinski definition) is 4. The number of amides is 1. The van der Waals surface area contributed by atoms with Crippen molar-refractivity contribution in [1.82, 2.24) is 9.38 Å². The van der Waals surface area contributed by atoms with Crippen molar-refractivity contribution in [1.29, 1.82) is 0 Å². The Hall–Kier alpha value is -3.94. The molecule has 1 amide bonds. The van der Waals surface area contributed by atoms with Crippen LogP contribution in [0.5, 0.6) is 11.5 Å². The predicted octanol–water partition coefficient (Wildman–Crippen LogP) is 5.08. The topological polar surface area (TPSA) is 64.9 Å². The Morgan fingerprint density at radius 2 is 1.90 bits per heavy atom. The summed E-state index contributed by atoms with van der Waals surface area (Å²) in [5, 5.41) is 2.71. The van der Waals surface area contributed by atoms with Crippen LogP contribution in [0, 0.1) is 6.92 Å². The lowest BCUT2D eigenvalue weighted by molar-refractivity contribution is -0.0498. The number of hydrogen-bond donors (Lipinski definition) is 1.